The third-order valence-electron chi connectivity index (χ3n) is 1.86. The summed E-state index contributed by atoms with van der Waals surface area (Å²) >= 11 is 7.03. The van der Waals surface area contributed by atoms with Crippen molar-refractivity contribution in [2.45, 2.75) is 10.1 Å². The topological polar surface area (TPSA) is 73.9 Å². The average Bonchev–Trinajstić information content (AvgIpc) is 2.28. The summed E-state index contributed by atoms with van der Waals surface area (Å²) in [6.45, 7) is 0. The second-order valence-corrected chi connectivity index (χ2v) is 4.40. The van der Waals surface area contributed by atoms with Gasteiger partial charge in [0.15, 0.2) is 5.16 Å². The Kier molecular flexibility index (Phi) is 3.65. The maximum atomic E-state index is 5.69. The molecule has 5 nitrogen and oxygen atoms in total. The molecule has 0 aliphatic carbocycles. The molecule has 0 aliphatic rings. The largest absolute Gasteiger partial charge is 0.497 e. The SMILES string of the molecule is COc1cccc(Sc2nc(N)nc(Cl)n2)c1. The second-order valence-electron chi connectivity index (χ2n) is 3.03. The van der Waals surface area contributed by atoms with E-state index in [1.807, 2.05) is 24.3 Å². The van der Waals surface area contributed by atoms with Gasteiger partial charge in [0.1, 0.15) is 5.75 Å². The zero-order chi connectivity index (χ0) is 12.3. The first-order valence-electron chi connectivity index (χ1n) is 4.66. The van der Waals surface area contributed by atoms with Crippen molar-refractivity contribution in [2.24, 2.45) is 0 Å². The number of nitrogen functional groups attached to an aromatic ring is 1. The Hall–Kier alpha value is -1.53. The molecule has 0 radical (unpaired) electrons. The predicted octanol–water partition coefficient (Wildman–Crippen LogP) is 2.27. The van der Waals surface area contributed by atoms with E-state index in [1.165, 1.54) is 11.8 Å². The molecule has 88 valence electrons. The number of anilines is 1. The minimum absolute atomic E-state index is 0.0860. The number of ether oxygens (including phenoxy) is 1. The Morgan fingerprint density at radius 1 is 1.29 bits per heavy atom. The van der Waals surface area contributed by atoms with Gasteiger partial charge < -0.3 is 10.5 Å². The van der Waals surface area contributed by atoms with E-state index in [2.05, 4.69) is 15.0 Å². The van der Waals surface area contributed by atoms with E-state index >= 15 is 0 Å². The first-order valence-corrected chi connectivity index (χ1v) is 5.86. The monoisotopic (exact) mass is 268 g/mol. The molecule has 0 aliphatic heterocycles. The van der Waals surface area contributed by atoms with Gasteiger partial charge in [0.2, 0.25) is 11.2 Å². The lowest BCUT2D eigenvalue weighted by Crippen LogP contribution is -1.98. The lowest BCUT2D eigenvalue weighted by atomic mass is 10.3. The van der Waals surface area contributed by atoms with Crippen LogP contribution in [0.4, 0.5) is 5.95 Å². The van der Waals surface area contributed by atoms with Crippen LogP contribution < -0.4 is 10.5 Å². The van der Waals surface area contributed by atoms with E-state index in [0.29, 0.717) is 5.16 Å². The number of benzene rings is 1. The Morgan fingerprint density at radius 3 is 2.82 bits per heavy atom. The number of hydrogen-bond donors (Lipinski definition) is 1. The predicted molar refractivity (Wildman–Crippen MR) is 66.4 cm³/mol. The average molecular weight is 269 g/mol. The van der Waals surface area contributed by atoms with Gasteiger partial charge in [-0.05, 0) is 41.6 Å². The van der Waals surface area contributed by atoms with Crippen LogP contribution in [-0.2, 0) is 0 Å². The molecule has 2 rings (SSSR count). The van der Waals surface area contributed by atoms with Gasteiger partial charge in [-0.15, -0.1) is 0 Å². The summed E-state index contributed by atoms with van der Waals surface area (Å²) in [6, 6.07) is 7.53. The van der Waals surface area contributed by atoms with E-state index in [1.54, 1.807) is 7.11 Å². The first kappa shape index (κ1) is 11.9. The fourth-order valence-corrected chi connectivity index (χ4v) is 2.18. The highest BCUT2D eigenvalue weighted by molar-refractivity contribution is 7.99. The second kappa shape index (κ2) is 5.20. The fraction of sp³-hybridized carbons (Fsp3) is 0.100. The summed E-state index contributed by atoms with van der Waals surface area (Å²) in [4.78, 5) is 12.6. The molecule has 0 saturated carbocycles. The zero-order valence-corrected chi connectivity index (χ0v) is 10.5. The molecular weight excluding hydrogens is 260 g/mol. The molecular formula is C10H9ClN4OS. The number of nitrogens with zero attached hydrogens (tertiary/aromatic N) is 3. The number of methoxy groups -OCH3 is 1. The third kappa shape index (κ3) is 3.21. The number of hydrogen-bond acceptors (Lipinski definition) is 6. The number of rotatable bonds is 3. The van der Waals surface area contributed by atoms with Crippen LogP contribution >= 0.6 is 23.4 Å². The molecule has 2 N–H and O–H groups in total. The van der Waals surface area contributed by atoms with Crippen molar-refractivity contribution in [1.29, 1.82) is 0 Å². The molecule has 0 spiro atoms. The lowest BCUT2D eigenvalue weighted by Gasteiger charge is -2.03. The highest BCUT2D eigenvalue weighted by atomic mass is 35.5. The maximum Gasteiger partial charge on any atom is 0.228 e. The molecule has 7 heteroatoms. The van der Waals surface area contributed by atoms with E-state index in [0.717, 1.165) is 10.6 Å². The summed E-state index contributed by atoms with van der Waals surface area (Å²) < 4.78 is 5.12. The van der Waals surface area contributed by atoms with E-state index in [-0.39, 0.29) is 11.2 Å². The van der Waals surface area contributed by atoms with Gasteiger partial charge in [0.05, 0.1) is 7.11 Å². The Bertz CT molecular complexity index is 517. The summed E-state index contributed by atoms with van der Waals surface area (Å²) in [6.07, 6.45) is 0. The van der Waals surface area contributed by atoms with Crippen molar-refractivity contribution in [1.82, 2.24) is 15.0 Å². The molecule has 0 amide bonds. The minimum atomic E-state index is 0.0860. The van der Waals surface area contributed by atoms with Crippen LogP contribution in [0.1, 0.15) is 0 Å². The van der Waals surface area contributed by atoms with Crippen LogP contribution in [0, 0.1) is 0 Å². The summed E-state index contributed by atoms with van der Waals surface area (Å²) in [5, 5.41) is 0.540. The van der Waals surface area contributed by atoms with Crippen molar-refractivity contribution in [3.05, 3.63) is 29.5 Å². The van der Waals surface area contributed by atoms with E-state index in [9.17, 15) is 0 Å². The minimum Gasteiger partial charge on any atom is -0.497 e. The molecule has 0 unspecified atom stereocenters. The van der Waals surface area contributed by atoms with Crippen LogP contribution in [-0.4, -0.2) is 22.1 Å². The summed E-state index contributed by atoms with van der Waals surface area (Å²) in [5.74, 6) is 0.874. The van der Waals surface area contributed by atoms with Crippen molar-refractivity contribution in [2.75, 3.05) is 12.8 Å². The third-order valence-corrected chi connectivity index (χ3v) is 2.88. The maximum absolute atomic E-state index is 5.69. The molecule has 1 heterocycles. The standard InChI is InChI=1S/C10H9ClN4OS/c1-16-6-3-2-4-7(5-6)17-10-14-8(11)13-9(12)15-10/h2-5H,1H3,(H2,12,13,14,15). The van der Waals surface area contributed by atoms with Gasteiger partial charge >= 0.3 is 0 Å². The summed E-state index contributed by atoms with van der Waals surface area (Å²) in [7, 11) is 1.61. The number of nitrogens with two attached hydrogens (primary N) is 1. The number of halogens is 1. The highest BCUT2D eigenvalue weighted by Gasteiger charge is 2.05. The zero-order valence-electron chi connectivity index (χ0n) is 8.92. The molecule has 0 saturated heterocycles. The van der Waals surface area contributed by atoms with Crippen LogP contribution in [0.5, 0.6) is 5.75 Å². The van der Waals surface area contributed by atoms with Gasteiger partial charge in [0.25, 0.3) is 0 Å². The van der Waals surface area contributed by atoms with Crippen LogP contribution in [0.25, 0.3) is 0 Å². The van der Waals surface area contributed by atoms with Gasteiger partial charge in [-0.1, -0.05) is 6.07 Å². The molecule has 17 heavy (non-hydrogen) atoms. The Balaban J connectivity index is 2.24. The molecule has 1 aromatic heterocycles. The van der Waals surface area contributed by atoms with Crippen molar-refractivity contribution >= 4 is 29.3 Å². The van der Waals surface area contributed by atoms with Crippen molar-refractivity contribution in [3.63, 3.8) is 0 Å². The van der Waals surface area contributed by atoms with E-state index < -0.39 is 0 Å². The first-order chi connectivity index (χ1) is 8.17. The normalized spacial score (nSPS) is 10.2. The Morgan fingerprint density at radius 2 is 2.12 bits per heavy atom. The smallest absolute Gasteiger partial charge is 0.228 e. The molecule has 0 fully saturated rings. The lowest BCUT2D eigenvalue weighted by molar-refractivity contribution is 0.413. The molecule has 1 aromatic carbocycles. The number of aromatic nitrogens is 3. The quantitative estimate of drug-likeness (QED) is 0.920. The van der Waals surface area contributed by atoms with E-state index in [4.69, 9.17) is 22.1 Å². The molecule has 2 aromatic rings. The van der Waals surface area contributed by atoms with Gasteiger partial charge in [-0.25, -0.2) is 0 Å². The van der Waals surface area contributed by atoms with Crippen LogP contribution in [0.2, 0.25) is 5.28 Å². The van der Waals surface area contributed by atoms with Gasteiger partial charge in [-0.3, -0.25) is 0 Å². The van der Waals surface area contributed by atoms with Crippen LogP contribution in [0.15, 0.2) is 34.3 Å². The summed E-state index contributed by atoms with van der Waals surface area (Å²) in [5.41, 5.74) is 5.48. The molecule has 0 bridgehead atoms. The van der Waals surface area contributed by atoms with Gasteiger partial charge in [-0.2, -0.15) is 15.0 Å². The van der Waals surface area contributed by atoms with Gasteiger partial charge in [0, 0.05) is 4.90 Å². The van der Waals surface area contributed by atoms with Crippen LogP contribution in [0.3, 0.4) is 0 Å². The van der Waals surface area contributed by atoms with Crippen molar-refractivity contribution < 1.29 is 4.74 Å². The fourth-order valence-electron chi connectivity index (χ4n) is 1.16. The highest BCUT2D eigenvalue weighted by Crippen LogP contribution is 2.28. The van der Waals surface area contributed by atoms with Crippen molar-refractivity contribution in [3.8, 4) is 5.75 Å². The Labute approximate surface area is 107 Å². The molecule has 0 atom stereocenters.